The van der Waals surface area contributed by atoms with Crippen molar-refractivity contribution in [3.63, 3.8) is 0 Å². The molecule has 0 aliphatic heterocycles. The van der Waals surface area contributed by atoms with Crippen LogP contribution in [-0.2, 0) is 9.53 Å². The second-order valence-electron chi connectivity index (χ2n) is 5.26. The van der Waals surface area contributed by atoms with E-state index in [0.717, 1.165) is 24.0 Å². The second kappa shape index (κ2) is 7.63. The summed E-state index contributed by atoms with van der Waals surface area (Å²) in [6.07, 6.45) is 1.67. The molecule has 21 heavy (non-hydrogen) atoms. The molecule has 0 heterocycles. The molecule has 0 spiro atoms. The third-order valence-corrected chi connectivity index (χ3v) is 3.63. The maximum absolute atomic E-state index is 12.4. The summed E-state index contributed by atoms with van der Waals surface area (Å²) in [5.41, 5.74) is 2.05. The van der Waals surface area contributed by atoms with Gasteiger partial charge in [-0.2, -0.15) is 0 Å². The van der Waals surface area contributed by atoms with E-state index >= 15 is 0 Å². The molecule has 0 unspecified atom stereocenters. The molecule has 0 bridgehead atoms. The van der Waals surface area contributed by atoms with E-state index in [1.807, 2.05) is 67.6 Å². The van der Waals surface area contributed by atoms with Gasteiger partial charge in [0.2, 0.25) is 0 Å². The van der Waals surface area contributed by atoms with Crippen molar-refractivity contribution in [1.82, 2.24) is 0 Å². The largest absolute Gasteiger partial charge is 0.457 e. The van der Waals surface area contributed by atoms with Crippen molar-refractivity contribution in [2.75, 3.05) is 0 Å². The highest BCUT2D eigenvalue weighted by molar-refractivity contribution is 5.77. The van der Waals surface area contributed by atoms with E-state index in [-0.39, 0.29) is 18.0 Å². The Kier molecular flexibility index (Phi) is 5.56. The Morgan fingerprint density at radius 3 is 2.00 bits per heavy atom. The van der Waals surface area contributed by atoms with Crippen LogP contribution < -0.4 is 0 Å². The van der Waals surface area contributed by atoms with Crippen LogP contribution in [0.3, 0.4) is 0 Å². The summed E-state index contributed by atoms with van der Waals surface area (Å²) in [7, 11) is 0. The number of ether oxygens (including phenoxy) is 1. The van der Waals surface area contributed by atoms with E-state index in [1.165, 1.54) is 0 Å². The maximum atomic E-state index is 12.4. The molecule has 2 nitrogen and oxygen atoms in total. The van der Waals surface area contributed by atoms with Gasteiger partial charge in [-0.15, -0.1) is 0 Å². The highest BCUT2D eigenvalue weighted by Gasteiger charge is 2.21. The van der Waals surface area contributed by atoms with E-state index < -0.39 is 0 Å². The normalized spacial score (nSPS) is 13.4. The van der Waals surface area contributed by atoms with Gasteiger partial charge in [-0.1, -0.05) is 74.0 Å². The molecule has 0 fully saturated rings. The second-order valence-corrected chi connectivity index (χ2v) is 5.26. The fraction of sp³-hybridized carbons (Fsp3) is 0.316. The minimum absolute atomic E-state index is 0.158. The highest BCUT2D eigenvalue weighted by atomic mass is 16.5. The Morgan fingerprint density at radius 2 is 1.48 bits per heavy atom. The van der Waals surface area contributed by atoms with Crippen molar-refractivity contribution >= 4 is 5.97 Å². The van der Waals surface area contributed by atoms with Crippen LogP contribution >= 0.6 is 0 Å². The van der Waals surface area contributed by atoms with Gasteiger partial charge < -0.3 is 4.74 Å². The van der Waals surface area contributed by atoms with Gasteiger partial charge in [0.1, 0.15) is 6.10 Å². The Bertz CT molecular complexity index is 548. The lowest BCUT2D eigenvalue weighted by Crippen LogP contribution is -2.17. The summed E-state index contributed by atoms with van der Waals surface area (Å²) in [5, 5.41) is 0. The number of esters is 1. The van der Waals surface area contributed by atoms with Gasteiger partial charge in [0, 0.05) is 0 Å². The molecule has 110 valence electrons. The number of carbonyl (C=O) groups excluding carboxylic acids is 1. The average molecular weight is 282 g/mol. The lowest BCUT2D eigenvalue weighted by atomic mass is 10.0. The summed E-state index contributed by atoms with van der Waals surface area (Å²) >= 11 is 0. The Labute approximate surface area is 126 Å². The first-order chi connectivity index (χ1) is 10.2. The van der Waals surface area contributed by atoms with Crippen LogP contribution in [0, 0.1) is 0 Å². The van der Waals surface area contributed by atoms with Crippen molar-refractivity contribution in [1.29, 1.82) is 0 Å². The van der Waals surface area contributed by atoms with Gasteiger partial charge >= 0.3 is 5.97 Å². The third-order valence-electron chi connectivity index (χ3n) is 3.63. The van der Waals surface area contributed by atoms with Crippen molar-refractivity contribution in [3.05, 3.63) is 71.8 Å². The standard InChI is InChI=1S/C19H22O2/c1-3-10-18(17-13-8-5-9-14-17)21-19(20)15(2)16-11-6-4-7-12-16/h4-9,11-15,18H,3,10H2,1-2H3/t15-,18+/m1/s1. The van der Waals surface area contributed by atoms with Gasteiger partial charge in [-0.05, 0) is 24.5 Å². The van der Waals surface area contributed by atoms with Crippen molar-refractivity contribution in [3.8, 4) is 0 Å². The number of hydrogen-bond acceptors (Lipinski definition) is 2. The molecule has 2 heteroatoms. The molecule has 0 radical (unpaired) electrons. The number of rotatable bonds is 6. The lowest BCUT2D eigenvalue weighted by molar-refractivity contribution is -0.151. The topological polar surface area (TPSA) is 26.3 Å². The summed E-state index contributed by atoms with van der Waals surface area (Å²) in [4.78, 5) is 12.4. The monoisotopic (exact) mass is 282 g/mol. The van der Waals surface area contributed by atoms with E-state index in [0.29, 0.717) is 0 Å². The summed E-state index contributed by atoms with van der Waals surface area (Å²) in [5.74, 6) is -0.405. The Hall–Kier alpha value is -2.09. The molecule has 2 aromatic carbocycles. The van der Waals surface area contributed by atoms with Crippen molar-refractivity contribution in [2.24, 2.45) is 0 Å². The van der Waals surface area contributed by atoms with Crippen LogP contribution in [-0.4, -0.2) is 5.97 Å². The molecular weight excluding hydrogens is 260 g/mol. The van der Waals surface area contributed by atoms with E-state index in [1.54, 1.807) is 0 Å². The quantitative estimate of drug-likeness (QED) is 0.706. The Balaban J connectivity index is 2.08. The first-order valence-electron chi connectivity index (χ1n) is 7.52. The smallest absolute Gasteiger partial charge is 0.313 e. The fourth-order valence-corrected chi connectivity index (χ4v) is 2.34. The van der Waals surface area contributed by atoms with E-state index in [4.69, 9.17) is 4.74 Å². The molecule has 2 atom stereocenters. The Morgan fingerprint density at radius 1 is 0.952 bits per heavy atom. The van der Waals surface area contributed by atoms with Gasteiger partial charge in [-0.3, -0.25) is 4.79 Å². The van der Waals surface area contributed by atoms with Gasteiger partial charge in [0.15, 0.2) is 0 Å². The molecule has 2 rings (SSSR count). The predicted octanol–water partition coefficient (Wildman–Crippen LogP) is 4.87. The number of carbonyl (C=O) groups is 1. The predicted molar refractivity (Wildman–Crippen MR) is 85.0 cm³/mol. The number of benzene rings is 2. The molecule has 0 saturated heterocycles. The van der Waals surface area contributed by atoms with Crippen LogP contribution in [0.4, 0.5) is 0 Å². The minimum atomic E-state index is -0.241. The highest BCUT2D eigenvalue weighted by Crippen LogP contribution is 2.26. The molecule has 0 aliphatic rings. The lowest BCUT2D eigenvalue weighted by Gasteiger charge is -2.20. The van der Waals surface area contributed by atoms with Crippen LogP contribution in [0.1, 0.15) is 49.8 Å². The minimum Gasteiger partial charge on any atom is -0.457 e. The SMILES string of the molecule is CCC[C@H](OC(=O)[C@H](C)c1ccccc1)c1ccccc1. The van der Waals surface area contributed by atoms with Gasteiger partial charge in [0.25, 0.3) is 0 Å². The fourth-order valence-electron chi connectivity index (χ4n) is 2.34. The van der Waals surface area contributed by atoms with Crippen LogP contribution in [0.2, 0.25) is 0 Å². The molecule has 0 N–H and O–H groups in total. The van der Waals surface area contributed by atoms with Crippen LogP contribution in [0.25, 0.3) is 0 Å². The third kappa shape index (κ3) is 4.19. The molecule has 0 saturated carbocycles. The molecule has 0 aliphatic carbocycles. The van der Waals surface area contributed by atoms with Gasteiger partial charge in [-0.25, -0.2) is 0 Å². The number of hydrogen-bond donors (Lipinski definition) is 0. The van der Waals surface area contributed by atoms with Crippen molar-refractivity contribution in [2.45, 2.75) is 38.7 Å². The van der Waals surface area contributed by atoms with Crippen LogP contribution in [0.15, 0.2) is 60.7 Å². The zero-order chi connectivity index (χ0) is 15.1. The molecule has 2 aromatic rings. The summed E-state index contributed by atoms with van der Waals surface area (Å²) in [6.45, 7) is 4.00. The first kappa shape index (κ1) is 15.3. The zero-order valence-electron chi connectivity index (χ0n) is 12.7. The summed E-state index contributed by atoms with van der Waals surface area (Å²) < 4.78 is 5.75. The molecule has 0 aromatic heterocycles. The molecular formula is C19H22O2. The molecule has 0 amide bonds. The first-order valence-corrected chi connectivity index (χ1v) is 7.52. The average Bonchev–Trinajstić information content (AvgIpc) is 2.55. The van der Waals surface area contributed by atoms with Crippen molar-refractivity contribution < 1.29 is 9.53 Å². The van der Waals surface area contributed by atoms with E-state index in [9.17, 15) is 4.79 Å². The summed E-state index contributed by atoms with van der Waals surface area (Å²) in [6, 6.07) is 19.7. The zero-order valence-corrected chi connectivity index (χ0v) is 12.7. The van der Waals surface area contributed by atoms with Crippen LogP contribution in [0.5, 0.6) is 0 Å². The van der Waals surface area contributed by atoms with E-state index in [2.05, 4.69) is 6.92 Å². The van der Waals surface area contributed by atoms with Gasteiger partial charge in [0.05, 0.1) is 5.92 Å². The maximum Gasteiger partial charge on any atom is 0.313 e.